The summed E-state index contributed by atoms with van der Waals surface area (Å²) >= 11 is 12.3. The number of halogens is 2. The van der Waals surface area contributed by atoms with E-state index in [4.69, 9.17) is 27.6 Å². The Balaban J connectivity index is 2.23. The molecule has 3 rings (SSSR count). The lowest BCUT2D eigenvalue weighted by molar-refractivity contribution is 0.556. The highest BCUT2D eigenvalue weighted by Crippen LogP contribution is 2.33. The van der Waals surface area contributed by atoms with Gasteiger partial charge in [-0.25, -0.2) is 9.78 Å². The highest BCUT2D eigenvalue weighted by Gasteiger charge is 2.21. The second kappa shape index (κ2) is 5.11. The molecule has 0 aliphatic carbocycles. The van der Waals surface area contributed by atoms with E-state index in [9.17, 15) is 4.79 Å². The molecule has 0 amide bonds. The van der Waals surface area contributed by atoms with Gasteiger partial charge in [-0.1, -0.05) is 44.0 Å². The summed E-state index contributed by atoms with van der Waals surface area (Å²) in [6.07, 6.45) is 1.61. The maximum atomic E-state index is 11.4. The average molecular weight is 338 g/mol. The molecular weight excluding hydrogens is 325 g/mol. The minimum absolute atomic E-state index is 0.210. The summed E-state index contributed by atoms with van der Waals surface area (Å²) in [5.41, 5.74) is 2.39. The Morgan fingerprint density at radius 3 is 2.59 bits per heavy atom. The molecule has 3 aromatic rings. The molecule has 2 heterocycles. The molecule has 0 atom stereocenters. The number of aromatic nitrogens is 3. The quantitative estimate of drug-likeness (QED) is 0.722. The van der Waals surface area contributed by atoms with E-state index in [1.807, 2.05) is 20.8 Å². The molecule has 0 unspecified atom stereocenters. The Labute approximate surface area is 136 Å². The number of nitrogens with one attached hydrogen (secondary N) is 1. The van der Waals surface area contributed by atoms with E-state index >= 15 is 0 Å². The van der Waals surface area contributed by atoms with E-state index in [1.165, 1.54) is 0 Å². The number of oxazole rings is 1. The summed E-state index contributed by atoms with van der Waals surface area (Å²) in [5, 5.41) is 0.723. The molecule has 0 bridgehead atoms. The molecule has 0 saturated heterocycles. The second-order valence-corrected chi connectivity index (χ2v) is 6.72. The standard InChI is InChI=1S/C15H13Cl2N3O2/c1-15(2,3)12-13(17)19-9(6-18-12)7-4-5-8(16)10-11(7)22-14(21)20-10/h4-6H,1-3H3,(H,20,21). The molecular formula is C15H13Cl2N3O2. The highest BCUT2D eigenvalue weighted by molar-refractivity contribution is 6.35. The van der Waals surface area contributed by atoms with Gasteiger partial charge in [-0.3, -0.25) is 9.97 Å². The fraction of sp³-hybridized carbons (Fsp3) is 0.267. The maximum absolute atomic E-state index is 11.4. The Hall–Kier alpha value is -1.85. The molecule has 0 spiro atoms. The van der Waals surface area contributed by atoms with Gasteiger partial charge < -0.3 is 4.42 Å². The van der Waals surface area contributed by atoms with Crippen LogP contribution < -0.4 is 5.76 Å². The number of aromatic amines is 1. The molecule has 1 aromatic carbocycles. The zero-order valence-corrected chi connectivity index (χ0v) is 13.7. The molecule has 0 aliphatic heterocycles. The molecule has 0 saturated carbocycles. The second-order valence-electron chi connectivity index (χ2n) is 5.96. The number of rotatable bonds is 1. The first-order chi connectivity index (χ1) is 10.3. The lowest BCUT2D eigenvalue weighted by Crippen LogP contribution is -2.15. The van der Waals surface area contributed by atoms with Crippen LogP contribution in [-0.4, -0.2) is 15.0 Å². The molecule has 1 N–H and O–H groups in total. The van der Waals surface area contributed by atoms with Crippen LogP contribution in [0.15, 0.2) is 27.5 Å². The van der Waals surface area contributed by atoms with Crippen molar-refractivity contribution in [2.45, 2.75) is 26.2 Å². The van der Waals surface area contributed by atoms with Crippen molar-refractivity contribution in [2.75, 3.05) is 0 Å². The summed E-state index contributed by atoms with van der Waals surface area (Å²) in [6, 6.07) is 3.39. The predicted molar refractivity (Wildman–Crippen MR) is 86.6 cm³/mol. The van der Waals surface area contributed by atoms with Crippen LogP contribution in [0.3, 0.4) is 0 Å². The minimum Gasteiger partial charge on any atom is -0.407 e. The average Bonchev–Trinajstić information content (AvgIpc) is 2.80. The van der Waals surface area contributed by atoms with E-state index in [0.717, 1.165) is 0 Å². The van der Waals surface area contributed by atoms with Gasteiger partial charge in [0.2, 0.25) is 0 Å². The van der Waals surface area contributed by atoms with Crippen LogP contribution in [-0.2, 0) is 5.41 Å². The van der Waals surface area contributed by atoms with Crippen LogP contribution in [0, 0.1) is 0 Å². The van der Waals surface area contributed by atoms with Crippen LogP contribution in [0.1, 0.15) is 26.5 Å². The Kier molecular flexibility index (Phi) is 3.50. The van der Waals surface area contributed by atoms with Crippen molar-refractivity contribution in [3.8, 4) is 11.3 Å². The summed E-state index contributed by atoms with van der Waals surface area (Å²) < 4.78 is 5.17. The maximum Gasteiger partial charge on any atom is 0.417 e. The zero-order valence-electron chi connectivity index (χ0n) is 12.2. The number of hydrogen-bond acceptors (Lipinski definition) is 4. The molecule has 2 aromatic heterocycles. The summed E-state index contributed by atoms with van der Waals surface area (Å²) in [6.45, 7) is 6.02. The highest BCUT2D eigenvalue weighted by atomic mass is 35.5. The zero-order chi connectivity index (χ0) is 16.1. The van der Waals surface area contributed by atoms with Gasteiger partial charge in [-0.2, -0.15) is 0 Å². The van der Waals surface area contributed by atoms with Crippen LogP contribution in [0.5, 0.6) is 0 Å². The van der Waals surface area contributed by atoms with Gasteiger partial charge in [0.15, 0.2) is 10.7 Å². The van der Waals surface area contributed by atoms with Gasteiger partial charge in [0.25, 0.3) is 0 Å². The molecule has 114 valence electrons. The van der Waals surface area contributed by atoms with Crippen molar-refractivity contribution in [2.24, 2.45) is 0 Å². The first-order valence-electron chi connectivity index (χ1n) is 6.62. The topological polar surface area (TPSA) is 71.8 Å². The van der Waals surface area contributed by atoms with Crippen molar-refractivity contribution < 1.29 is 4.42 Å². The lowest BCUT2D eigenvalue weighted by atomic mass is 9.92. The number of fused-ring (bicyclic) bond motifs is 1. The fourth-order valence-electron chi connectivity index (χ4n) is 2.20. The summed E-state index contributed by atoms with van der Waals surface area (Å²) in [4.78, 5) is 22.8. The van der Waals surface area contributed by atoms with Gasteiger partial charge in [-0.15, -0.1) is 0 Å². The largest absolute Gasteiger partial charge is 0.417 e. The SMILES string of the molecule is CC(C)(C)c1ncc(-c2ccc(Cl)c3[nH]c(=O)oc23)nc1Cl. The van der Waals surface area contributed by atoms with Gasteiger partial charge in [0.05, 0.1) is 22.6 Å². The van der Waals surface area contributed by atoms with Crippen LogP contribution in [0.2, 0.25) is 10.2 Å². The van der Waals surface area contributed by atoms with Crippen molar-refractivity contribution in [3.05, 3.63) is 44.7 Å². The number of benzene rings is 1. The Morgan fingerprint density at radius 2 is 1.95 bits per heavy atom. The third-order valence-electron chi connectivity index (χ3n) is 3.24. The molecule has 7 heteroatoms. The Bertz CT molecular complexity index is 923. The molecule has 5 nitrogen and oxygen atoms in total. The van der Waals surface area contributed by atoms with Gasteiger partial charge in [0, 0.05) is 11.0 Å². The van der Waals surface area contributed by atoms with E-state index in [2.05, 4.69) is 15.0 Å². The van der Waals surface area contributed by atoms with Gasteiger partial charge in [-0.05, 0) is 12.1 Å². The van der Waals surface area contributed by atoms with Crippen LogP contribution in [0.25, 0.3) is 22.4 Å². The smallest absolute Gasteiger partial charge is 0.407 e. The third kappa shape index (κ3) is 2.51. The molecule has 22 heavy (non-hydrogen) atoms. The molecule has 0 fully saturated rings. The van der Waals surface area contributed by atoms with Crippen molar-refractivity contribution in [1.82, 2.24) is 15.0 Å². The monoisotopic (exact) mass is 337 g/mol. The molecule has 0 radical (unpaired) electrons. The van der Waals surface area contributed by atoms with E-state index in [1.54, 1.807) is 18.3 Å². The van der Waals surface area contributed by atoms with Crippen molar-refractivity contribution in [1.29, 1.82) is 0 Å². The number of H-pyrrole nitrogens is 1. The number of hydrogen-bond donors (Lipinski definition) is 1. The van der Waals surface area contributed by atoms with Gasteiger partial charge in [0.1, 0.15) is 5.52 Å². The van der Waals surface area contributed by atoms with E-state index in [-0.39, 0.29) is 5.41 Å². The summed E-state index contributed by atoms with van der Waals surface area (Å²) in [5.74, 6) is -0.574. The van der Waals surface area contributed by atoms with Crippen molar-refractivity contribution in [3.63, 3.8) is 0 Å². The van der Waals surface area contributed by atoms with Gasteiger partial charge >= 0.3 is 5.76 Å². The van der Waals surface area contributed by atoms with E-state index < -0.39 is 5.76 Å². The first-order valence-corrected chi connectivity index (χ1v) is 7.37. The lowest BCUT2D eigenvalue weighted by Gasteiger charge is -2.18. The third-order valence-corrected chi connectivity index (χ3v) is 3.82. The molecule has 0 aliphatic rings. The van der Waals surface area contributed by atoms with E-state index in [0.29, 0.717) is 38.2 Å². The predicted octanol–water partition coefficient (Wildman–Crippen LogP) is 4.18. The Morgan fingerprint density at radius 1 is 1.23 bits per heavy atom. The van der Waals surface area contributed by atoms with Crippen LogP contribution >= 0.6 is 23.2 Å². The normalized spacial score (nSPS) is 12.0. The fourth-order valence-corrected chi connectivity index (χ4v) is 2.82. The van der Waals surface area contributed by atoms with Crippen LogP contribution in [0.4, 0.5) is 0 Å². The van der Waals surface area contributed by atoms with Crippen molar-refractivity contribution >= 4 is 34.3 Å². The summed E-state index contributed by atoms with van der Waals surface area (Å²) in [7, 11) is 0. The number of nitrogens with zero attached hydrogens (tertiary/aromatic N) is 2. The first kappa shape index (κ1) is 15.1. The minimum atomic E-state index is -0.574.